The summed E-state index contributed by atoms with van der Waals surface area (Å²) in [4.78, 5) is 12.7. The molecular formula is C20H23BrN2O2S. The van der Waals surface area contributed by atoms with Gasteiger partial charge in [0, 0.05) is 10.2 Å². The van der Waals surface area contributed by atoms with Crippen molar-refractivity contribution in [2.75, 3.05) is 5.32 Å². The van der Waals surface area contributed by atoms with Crippen LogP contribution in [0.3, 0.4) is 0 Å². The summed E-state index contributed by atoms with van der Waals surface area (Å²) in [5, 5.41) is 6.10. The van der Waals surface area contributed by atoms with Crippen molar-refractivity contribution in [3.8, 4) is 5.75 Å². The third kappa shape index (κ3) is 5.54. The lowest BCUT2D eigenvalue weighted by Gasteiger charge is -2.17. The van der Waals surface area contributed by atoms with Crippen LogP contribution < -0.4 is 15.4 Å². The maximum Gasteiger partial charge on any atom is 0.261 e. The first-order chi connectivity index (χ1) is 12.3. The molecule has 0 bridgehead atoms. The molecule has 6 heteroatoms. The molecule has 2 N–H and O–H groups in total. The van der Waals surface area contributed by atoms with E-state index in [1.165, 1.54) is 0 Å². The summed E-state index contributed by atoms with van der Waals surface area (Å²) in [6, 6.07) is 13.2. The third-order valence-corrected chi connectivity index (χ3v) is 4.30. The zero-order valence-corrected chi connectivity index (χ0v) is 17.7. The number of nitrogens with one attached hydrogen (secondary N) is 2. The van der Waals surface area contributed by atoms with Crippen molar-refractivity contribution in [2.24, 2.45) is 0 Å². The zero-order chi connectivity index (χ0) is 19.3. The van der Waals surface area contributed by atoms with Gasteiger partial charge in [-0.1, -0.05) is 48.0 Å². The van der Waals surface area contributed by atoms with E-state index in [1.807, 2.05) is 44.2 Å². The van der Waals surface area contributed by atoms with E-state index >= 15 is 0 Å². The first-order valence-electron chi connectivity index (χ1n) is 8.45. The van der Waals surface area contributed by atoms with Gasteiger partial charge in [0.1, 0.15) is 5.75 Å². The van der Waals surface area contributed by atoms with Crippen molar-refractivity contribution >= 4 is 44.9 Å². The average molecular weight is 435 g/mol. The van der Waals surface area contributed by atoms with E-state index in [4.69, 9.17) is 17.0 Å². The highest BCUT2D eigenvalue weighted by Crippen LogP contribution is 2.25. The third-order valence-electron chi connectivity index (χ3n) is 3.61. The van der Waals surface area contributed by atoms with Crippen LogP contribution in [-0.4, -0.2) is 17.1 Å². The van der Waals surface area contributed by atoms with Crippen molar-refractivity contribution in [1.82, 2.24) is 5.32 Å². The molecular weight excluding hydrogens is 412 g/mol. The predicted molar refractivity (Wildman–Crippen MR) is 114 cm³/mol. The fourth-order valence-corrected chi connectivity index (χ4v) is 3.04. The van der Waals surface area contributed by atoms with Gasteiger partial charge in [-0.25, -0.2) is 0 Å². The summed E-state index contributed by atoms with van der Waals surface area (Å²) < 4.78 is 6.52. The van der Waals surface area contributed by atoms with E-state index in [9.17, 15) is 4.79 Å². The van der Waals surface area contributed by atoms with Gasteiger partial charge >= 0.3 is 0 Å². The number of benzene rings is 2. The van der Waals surface area contributed by atoms with Crippen LogP contribution in [0.1, 0.15) is 49.5 Å². The second-order valence-corrected chi connectivity index (χ2v) is 7.78. The molecule has 1 amide bonds. The molecule has 2 aromatic carbocycles. The highest BCUT2D eigenvalue weighted by Gasteiger charge is 2.16. The molecule has 0 heterocycles. The number of anilines is 1. The molecule has 138 valence electrons. The monoisotopic (exact) mass is 434 g/mol. The fraction of sp³-hybridized carbons (Fsp3) is 0.300. The molecule has 0 aromatic heterocycles. The number of para-hydroxylation sites is 1. The Hall–Kier alpha value is -1.92. The Morgan fingerprint density at radius 2 is 1.81 bits per heavy atom. The van der Waals surface area contributed by atoms with E-state index < -0.39 is 0 Å². The minimum atomic E-state index is -0.318. The number of halogens is 1. The number of carbonyl (C=O) groups is 1. The van der Waals surface area contributed by atoms with Crippen molar-refractivity contribution in [1.29, 1.82) is 0 Å². The van der Waals surface area contributed by atoms with Gasteiger partial charge in [0.2, 0.25) is 0 Å². The normalized spacial score (nSPS) is 10.7. The van der Waals surface area contributed by atoms with Gasteiger partial charge < -0.3 is 10.1 Å². The van der Waals surface area contributed by atoms with Crippen LogP contribution in [0.4, 0.5) is 5.69 Å². The number of hydrogen-bond acceptors (Lipinski definition) is 3. The van der Waals surface area contributed by atoms with Gasteiger partial charge in [-0.05, 0) is 61.8 Å². The second-order valence-electron chi connectivity index (χ2n) is 6.46. The van der Waals surface area contributed by atoms with Crippen LogP contribution in [0.15, 0.2) is 46.9 Å². The maximum atomic E-state index is 12.7. The van der Waals surface area contributed by atoms with Crippen LogP contribution >= 0.6 is 28.1 Å². The molecule has 2 aromatic rings. The van der Waals surface area contributed by atoms with Crippen LogP contribution in [0.2, 0.25) is 0 Å². The zero-order valence-electron chi connectivity index (χ0n) is 15.3. The van der Waals surface area contributed by atoms with E-state index in [1.54, 1.807) is 12.1 Å². The van der Waals surface area contributed by atoms with E-state index in [0.29, 0.717) is 17.2 Å². The van der Waals surface area contributed by atoms with Crippen molar-refractivity contribution < 1.29 is 9.53 Å². The Balaban J connectivity index is 2.15. The first kappa shape index (κ1) is 20.4. The molecule has 0 fully saturated rings. The van der Waals surface area contributed by atoms with E-state index in [2.05, 4.69) is 40.4 Å². The molecule has 26 heavy (non-hydrogen) atoms. The lowest BCUT2D eigenvalue weighted by atomic mass is 10.0. The minimum Gasteiger partial charge on any atom is -0.490 e. The number of amides is 1. The van der Waals surface area contributed by atoms with E-state index in [-0.39, 0.29) is 17.1 Å². The van der Waals surface area contributed by atoms with Crippen LogP contribution in [0.5, 0.6) is 5.75 Å². The lowest BCUT2D eigenvalue weighted by Crippen LogP contribution is -2.34. The number of hydrogen-bond donors (Lipinski definition) is 2. The summed E-state index contributed by atoms with van der Waals surface area (Å²) in [6.07, 6.45) is -0.0364. The number of rotatable bonds is 5. The lowest BCUT2D eigenvalue weighted by molar-refractivity contribution is 0.0972. The van der Waals surface area contributed by atoms with Crippen molar-refractivity contribution in [2.45, 2.75) is 39.7 Å². The average Bonchev–Trinajstić information content (AvgIpc) is 2.56. The summed E-state index contributed by atoms with van der Waals surface area (Å²) in [7, 11) is 0. The summed E-state index contributed by atoms with van der Waals surface area (Å²) >= 11 is 8.72. The number of carbonyl (C=O) groups excluding carboxylic acids is 1. The van der Waals surface area contributed by atoms with E-state index in [0.717, 1.165) is 15.7 Å². The van der Waals surface area contributed by atoms with Crippen molar-refractivity contribution in [3.63, 3.8) is 0 Å². The molecule has 0 unspecified atom stereocenters. The SMILES string of the molecule is CC(C)Oc1ccc(Br)cc1C(=O)NC(=S)Nc1ccccc1C(C)C. The molecule has 0 aliphatic rings. The molecule has 0 aliphatic carbocycles. The van der Waals surface area contributed by atoms with Gasteiger partial charge in [0.05, 0.1) is 11.7 Å². The Kier molecular flexibility index (Phi) is 7.17. The van der Waals surface area contributed by atoms with Crippen molar-refractivity contribution in [3.05, 3.63) is 58.1 Å². The summed E-state index contributed by atoms with van der Waals surface area (Å²) in [6.45, 7) is 8.05. The highest BCUT2D eigenvalue weighted by molar-refractivity contribution is 9.10. The van der Waals surface area contributed by atoms with Gasteiger partial charge in [0.25, 0.3) is 5.91 Å². The molecule has 0 aliphatic heterocycles. The Morgan fingerprint density at radius 3 is 2.46 bits per heavy atom. The molecule has 4 nitrogen and oxygen atoms in total. The second kappa shape index (κ2) is 9.14. The largest absolute Gasteiger partial charge is 0.490 e. The van der Waals surface area contributed by atoms with Gasteiger partial charge in [-0.15, -0.1) is 0 Å². The molecule has 0 saturated heterocycles. The topological polar surface area (TPSA) is 50.4 Å². The van der Waals surface area contributed by atoms with Gasteiger partial charge in [0.15, 0.2) is 5.11 Å². The standard InChI is InChI=1S/C20H23BrN2O2S/c1-12(2)15-7-5-6-8-17(15)22-20(26)23-19(24)16-11-14(21)9-10-18(16)25-13(3)4/h5-13H,1-4H3,(H2,22,23,24,26). The molecule has 0 spiro atoms. The Labute approximate surface area is 168 Å². The quantitative estimate of drug-likeness (QED) is 0.611. The van der Waals surface area contributed by atoms with Crippen LogP contribution in [0, 0.1) is 0 Å². The summed E-state index contributed by atoms with van der Waals surface area (Å²) in [5.41, 5.74) is 2.45. The van der Waals surface area contributed by atoms with Gasteiger partial charge in [-0.3, -0.25) is 10.1 Å². The number of ether oxygens (including phenoxy) is 1. The highest BCUT2D eigenvalue weighted by atomic mass is 79.9. The molecule has 0 atom stereocenters. The molecule has 2 rings (SSSR count). The Morgan fingerprint density at radius 1 is 1.12 bits per heavy atom. The minimum absolute atomic E-state index is 0.0364. The van der Waals surface area contributed by atoms with Gasteiger partial charge in [-0.2, -0.15) is 0 Å². The Bertz CT molecular complexity index is 806. The fourth-order valence-electron chi connectivity index (χ4n) is 2.47. The van der Waals surface area contributed by atoms with Crippen LogP contribution in [-0.2, 0) is 0 Å². The molecule has 0 saturated carbocycles. The molecule has 0 radical (unpaired) electrons. The summed E-state index contributed by atoms with van der Waals surface area (Å²) in [5.74, 6) is 0.542. The maximum absolute atomic E-state index is 12.7. The van der Waals surface area contributed by atoms with Crippen LogP contribution in [0.25, 0.3) is 0 Å². The first-order valence-corrected chi connectivity index (χ1v) is 9.65. The predicted octanol–water partition coefficient (Wildman–Crippen LogP) is 5.49. The number of thiocarbonyl (C=S) groups is 1. The smallest absolute Gasteiger partial charge is 0.261 e.